The summed E-state index contributed by atoms with van der Waals surface area (Å²) in [7, 11) is 1.36. The molecular weight excluding hydrogens is 248 g/mol. The van der Waals surface area contributed by atoms with Crippen molar-refractivity contribution >= 4 is 29.4 Å². The maximum absolute atomic E-state index is 11.6. The summed E-state index contributed by atoms with van der Waals surface area (Å²) in [4.78, 5) is 35.4. The highest BCUT2D eigenvalue weighted by atomic mass is 35.5. The van der Waals surface area contributed by atoms with Gasteiger partial charge >= 0.3 is 6.01 Å². The molecule has 2 amide bonds. The number of ether oxygens (including phenoxy) is 1. The number of methoxy groups -OCH3 is 1. The van der Waals surface area contributed by atoms with Crippen LogP contribution in [0.1, 0.15) is 19.3 Å². The van der Waals surface area contributed by atoms with Gasteiger partial charge < -0.3 is 4.74 Å². The van der Waals surface area contributed by atoms with Crippen LogP contribution in [0.5, 0.6) is 6.01 Å². The third kappa shape index (κ3) is 2.33. The standard InChI is InChI=1S/C9H9ClN4O3/c1-17-9-12-7(10)11-8(13-9)14-5(15)3-2-4-6(14)16/h2-4H2,1H3. The molecule has 1 saturated heterocycles. The molecule has 2 heterocycles. The minimum Gasteiger partial charge on any atom is -0.467 e. The fraction of sp³-hybridized carbons (Fsp3) is 0.444. The first kappa shape index (κ1) is 11.7. The van der Waals surface area contributed by atoms with Crippen molar-refractivity contribution < 1.29 is 14.3 Å². The molecule has 0 aromatic carbocycles. The number of amides is 2. The van der Waals surface area contributed by atoms with E-state index in [0.29, 0.717) is 6.42 Å². The Morgan fingerprint density at radius 2 is 1.82 bits per heavy atom. The molecule has 7 nitrogen and oxygen atoms in total. The third-order valence-corrected chi connectivity index (χ3v) is 2.41. The highest BCUT2D eigenvalue weighted by Gasteiger charge is 2.30. The highest BCUT2D eigenvalue weighted by molar-refractivity contribution is 6.28. The number of imide groups is 1. The van der Waals surface area contributed by atoms with Crippen molar-refractivity contribution in [3.05, 3.63) is 5.28 Å². The molecule has 2 rings (SSSR count). The molecule has 1 fully saturated rings. The van der Waals surface area contributed by atoms with Crippen LogP contribution in [0, 0.1) is 0 Å². The van der Waals surface area contributed by atoms with E-state index in [4.69, 9.17) is 16.3 Å². The lowest BCUT2D eigenvalue weighted by atomic mass is 10.1. The van der Waals surface area contributed by atoms with Gasteiger partial charge in [0.15, 0.2) is 0 Å². The summed E-state index contributed by atoms with van der Waals surface area (Å²) in [5.74, 6) is -0.771. The molecule has 0 atom stereocenters. The van der Waals surface area contributed by atoms with Crippen LogP contribution < -0.4 is 9.64 Å². The smallest absolute Gasteiger partial charge is 0.322 e. The van der Waals surface area contributed by atoms with Crippen LogP contribution in [-0.2, 0) is 9.59 Å². The average Bonchev–Trinajstić information content (AvgIpc) is 2.28. The molecule has 1 aromatic rings. The number of aromatic nitrogens is 3. The van der Waals surface area contributed by atoms with Crippen molar-refractivity contribution in [2.45, 2.75) is 19.3 Å². The average molecular weight is 257 g/mol. The van der Waals surface area contributed by atoms with Gasteiger partial charge in [-0.1, -0.05) is 0 Å². The van der Waals surface area contributed by atoms with Crippen LogP contribution in [-0.4, -0.2) is 33.9 Å². The first-order valence-electron chi connectivity index (χ1n) is 4.93. The van der Waals surface area contributed by atoms with Crippen LogP contribution in [0.4, 0.5) is 5.95 Å². The Bertz CT molecular complexity index is 463. The molecule has 1 aliphatic heterocycles. The van der Waals surface area contributed by atoms with E-state index in [1.165, 1.54) is 7.11 Å². The van der Waals surface area contributed by atoms with Crippen LogP contribution >= 0.6 is 11.6 Å². The van der Waals surface area contributed by atoms with E-state index in [9.17, 15) is 9.59 Å². The fourth-order valence-electron chi connectivity index (χ4n) is 1.49. The van der Waals surface area contributed by atoms with Gasteiger partial charge in [0.05, 0.1) is 7.11 Å². The number of hydrogen-bond acceptors (Lipinski definition) is 6. The Morgan fingerprint density at radius 3 is 2.41 bits per heavy atom. The summed E-state index contributed by atoms with van der Waals surface area (Å²) < 4.78 is 4.80. The highest BCUT2D eigenvalue weighted by Crippen LogP contribution is 2.20. The van der Waals surface area contributed by atoms with Gasteiger partial charge in [0, 0.05) is 12.8 Å². The molecule has 1 aliphatic rings. The van der Waals surface area contributed by atoms with Gasteiger partial charge in [-0.3, -0.25) is 9.59 Å². The maximum atomic E-state index is 11.6. The minimum atomic E-state index is -0.342. The number of nitrogens with zero attached hydrogens (tertiary/aromatic N) is 4. The number of piperidine rings is 1. The predicted molar refractivity (Wildman–Crippen MR) is 57.7 cm³/mol. The number of anilines is 1. The maximum Gasteiger partial charge on any atom is 0.322 e. The van der Waals surface area contributed by atoms with E-state index in [0.717, 1.165) is 4.90 Å². The summed E-state index contributed by atoms with van der Waals surface area (Å²) in [6, 6.07) is -0.0360. The summed E-state index contributed by atoms with van der Waals surface area (Å²) >= 11 is 5.65. The third-order valence-electron chi connectivity index (χ3n) is 2.24. The second-order valence-electron chi connectivity index (χ2n) is 3.37. The Kier molecular flexibility index (Phi) is 3.19. The molecule has 0 aliphatic carbocycles. The molecular formula is C9H9ClN4O3. The molecule has 0 saturated carbocycles. The lowest BCUT2D eigenvalue weighted by Gasteiger charge is -2.22. The van der Waals surface area contributed by atoms with Gasteiger partial charge in [-0.25, -0.2) is 4.90 Å². The number of carbonyl (C=O) groups is 2. The molecule has 0 N–H and O–H groups in total. The number of rotatable bonds is 2. The lowest BCUT2D eigenvalue weighted by Crippen LogP contribution is -2.41. The first-order valence-corrected chi connectivity index (χ1v) is 5.31. The zero-order valence-electron chi connectivity index (χ0n) is 9.01. The molecule has 17 heavy (non-hydrogen) atoms. The van der Waals surface area contributed by atoms with Crippen molar-refractivity contribution in [1.82, 2.24) is 15.0 Å². The van der Waals surface area contributed by atoms with Gasteiger partial charge in [-0.05, 0) is 18.0 Å². The minimum absolute atomic E-state index is 0.0360. The van der Waals surface area contributed by atoms with Gasteiger partial charge in [0.1, 0.15) is 0 Å². The monoisotopic (exact) mass is 256 g/mol. The molecule has 1 aromatic heterocycles. The zero-order valence-corrected chi connectivity index (χ0v) is 9.77. The van der Waals surface area contributed by atoms with Gasteiger partial charge in [-0.15, -0.1) is 0 Å². The topological polar surface area (TPSA) is 85.3 Å². The Hall–Kier alpha value is -1.76. The molecule has 0 spiro atoms. The Labute approximate surface area is 102 Å². The summed E-state index contributed by atoms with van der Waals surface area (Å²) in [6.07, 6.45) is 1.12. The summed E-state index contributed by atoms with van der Waals surface area (Å²) in [5, 5.41) is -0.127. The van der Waals surface area contributed by atoms with E-state index in [1.54, 1.807) is 0 Å². The lowest BCUT2D eigenvalue weighted by molar-refractivity contribution is -0.129. The van der Waals surface area contributed by atoms with E-state index in [2.05, 4.69) is 15.0 Å². The van der Waals surface area contributed by atoms with Crippen molar-refractivity contribution in [2.24, 2.45) is 0 Å². The fourth-order valence-corrected chi connectivity index (χ4v) is 1.64. The SMILES string of the molecule is COc1nc(Cl)nc(N2C(=O)CCCC2=O)n1. The number of hydrogen-bond donors (Lipinski definition) is 0. The summed E-state index contributed by atoms with van der Waals surface area (Å²) in [5.41, 5.74) is 0. The predicted octanol–water partition coefficient (Wildman–Crippen LogP) is 0.577. The molecule has 0 unspecified atom stereocenters. The molecule has 90 valence electrons. The first-order chi connectivity index (χ1) is 8.11. The quantitative estimate of drug-likeness (QED) is 0.720. The van der Waals surface area contributed by atoms with E-state index >= 15 is 0 Å². The van der Waals surface area contributed by atoms with Crippen molar-refractivity contribution in [3.63, 3.8) is 0 Å². The van der Waals surface area contributed by atoms with Crippen molar-refractivity contribution in [3.8, 4) is 6.01 Å². The van der Waals surface area contributed by atoms with E-state index in [1.807, 2.05) is 0 Å². The Morgan fingerprint density at radius 1 is 1.18 bits per heavy atom. The molecule has 0 bridgehead atoms. The van der Waals surface area contributed by atoms with Crippen LogP contribution in [0.15, 0.2) is 0 Å². The largest absolute Gasteiger partial charge is 0.467 e. The van der Waals surface area contributed by atoms with E-state index < -0.39 is 0 Å². The zero-order chi connectivity index (χ0) is 12.4. The van der Waals surface area contributed by atoms with Gasteiger partial charge in [0.25, 0.3) is 0 Å². The summed E-state index contributed by atoms with van der Waals surface area (Å²) in [6.45, 7) is 0. The van der Waals surface area contributed by atoms with Crippen LogP contribution in [0.3, 0.4) is 0 Å². The molecule has 0 radical (unpaired) electrons. The second-order valence-corrected chi connectivity index (χ2v) is 3.71. The Balaban J connectivity index is 2.41. The molecule has 8 heteroatoms. The number of carbonyl (C=O) groups excluding carboxylic acids is 2. The van der Waals surface area contributed by atoms with Crippen molar-refractivity contribution in [2.75, 3.05) is 12.0 Å². The number of halogens is 1. The van der Waals surface area contributed by atoms with Crippen LogP contribution in [0.25, 0.3) is 0 Å². The normalized spacial score (nSPS) is 16.2. The van der Waals surface area contributed by atoms with Gasteiger partial charge in [0.2, 0.25) is 23.0 Å². The van der Waals surface area contributed by atoms with E-state index in [-0.39, 0.29) is 41.9 Å². The van der Waals surface area contributed by atoms with Crippen molar-refractivity contribution in [1.29, 1.82) is 0 Å². The van der Waals surface area contributed by atoms with Crippen LogP contribution in [0.2, 0.25) is 5.28 Å². The van der Waals surface area contributed by atoms with Gasteiger partial charge in [-0.2, -0.15) is 15.0 Å². The second kappa shape index (κ2) is 4.62.